The fourth-order valence-electron chi connectivity index (χ4n) is 4.19. The highest BCUT2D eigenvalue weighted by Gasteiger charge is 2.26. The highest BCUT2D eigenvalue weighted by molar-refractivity contribution is 5.92. The van der Waals surface area contributed by atoms with Crippen molar-refractivity contribution >= 4 is 11.7 Å². The van der Waals surface area contributed by atoms with Gasteiger partial charge < -0.3 is 10.6 Å². The average molecular weight is 521 g/mol. The molecular weight excluding hydrogens is 492 g/mol. The van der Waals surface area contributed by atoms with Crippen molar-refractivity contribution in [2.75, 3.05) is 5.32 Å². The average Bonchev–Trinajstić information content (AvgIpc) is 3.53. The number of nitrogens with one attached hydrogen (secondary N) is 3. The van der Waals surface area contributed by atoms with Crippen molar-refractivity contribution in [3.05, 3.63) is 95.1 Å². The molecule has 3 N–H and O–H groups in total. The fourth-order valence-corrected chi connectivity index (χ4v) is 4.19. The van der Waals surface area contributed by atoms with Crippen LogP contribution in [0, 0.1) is 13.8 Å². The SMILES string of the molecule is Cc1cc(NCc2cc(C)[nH]n2)nc(-c2ccc(C(=O)NCc3ccc(-n4ccc(C5CC5)n4)nc3)nc2)n1. The van der Waals surface area contributed by atoms with Gasteiger partial charge in [0.05, 0.1) is 17.9 Å². The molecule has 1 aliphatic rings. The maximum absolute atomic E-state index is 12.7. The number of hydrogen-bond acceptors (Lipinski definition) is 8. The maximum atomic E-state index is 12.7. The van der Waals surface area contributed by atoms with Gasteiger partial charge >= 0.3 is 0 Å². The Kier molecular flexibility index (Phi) is 6.54. The number of pyridine rings is 2. The Labute approximate surface area is 225 Å². The Bertz CT molecular complexity index is 1600. The number of carbonyl (C=O) groups excluding carboxylic acids is 1. The van der Waals surface area contributed by atoms with Gasteiger partial charge in [-0.15, -0.1) is 0 Å². The third-order valence-electron chi connectivity index (χ3n) is 6.42. The minimum absolute atomic E-state index is 0.270. The molecular formula is C28H28N10O. The molecule has 0 atom stereocenters. The molecule has 0 bridgehead atoms. The smallest absolute Gasteiger partial charge is 0.270 e. The second-order valence-corrected chi connectivity index (χ2v) is 9.71. The van der Waals surface area contributed by atoms with Crippen LogP contribution in [0.1, 0.15) is 57.6 Å². The number of hydrogen-bond donors (Lipinski definition) is 3. The molecule has 5 aromatic heterocycles. The number of aromatic amines is 1. The molecule has 11 heteroatoms. The predicted molar refractivity (Wildman–Crippen MR) is 145 cm³/mol. The first-order valence-electron chi connectivity index (χ1n) is 12.9. The van der Waals surface area contributed by atoms with Gasteiger partial charge in [-0.3, -0.25) is 14.9 Å². The van der Waals surface area contributed by atoms with E-state index < -0.39 is 0 Å². The Morgan fingerprint density at radius 2 is 1.92 bits per heavy atom. The van der Waals surface area contributed by atoms with Gasteiger partial charge in [-0.05, 0) is 62.6 Å². The van der Waals surface area contributed by atoms with Gasteiger partial charge in [-0.1, -0.05) is 6.07 Å². The van der Waals surface area contributed by atoms with E-state index in [0.717, 1.165) is 39.7 Å². The third kappa shape index (κ3) is 5.82. The lowest BCUT2D eigenvalue weighted by molar-refractivity contribution is 0.0946. The Morgan fingerprint density at radius 1 is 1.03 bits per heavy atom. The number of rotatable bonds is 9. The summed E-state index contributed by atoms with van der Waals surface area (Å²) in [6, 6.07) is 13.2. The number of H-pyrrole nitrogens is 1. The van der Waals surface area contributed by atoms with Crippen LogP contribution in [0.25, 0.3) is 17.2 Å². The first-order valence-corrected chi connectivity index (χ1v) is 12.9. The van der Waals surface area contributed by atoms with Gasteiger partial charge in [-0.25, -0.2) is 19.6 Å². The van der Waals surface area contributed by atoms with Crippen molar-refractivity contribution in [1.82, 2.24) is 45.2 Å². The van der Waals surface area contributed by atoms with Gasteiger partial charge in [0.1, 0.15) is 11.5 Å². The highest BCUT2D eigenvalue weighted by atomic mass is 16.1. The number of aryl methyl sites for hydroxylation is 2. The van der Waals surface area contributed by atoms with Crippen LogP contribution in [-0.4, -0.2) is 45.8 Å². The molecule has 5 heterocycles. The number of aromatic nitrogens is 8. The molecule has 6 rings (SSSR count). The predicted octanol–water partition coefficient (Wildman–Crippen LogP) is 3.88. The van der Waals surface area contributed by atoms with Gasteiger partial charge in [0, 0.05) is 54.1 Å². The monoisotopic (exact) mass is 520 g/mol. The van der Waals surface area contributed by atoms with Crippen molar-refractivity contribution in [1.29, 1.82) is 0 Å². The second-order valence-electron chi connectivity index (χ2n) is 9.71. The maximum Gasteiger partial charge on any atom is 0.270 e. The summed E-state index contributed by atoms with van der Waals surface area (Å²) in [5.41, 5.74) is 5.76. The molecule has 0 aromatic carbocycles. The summed E-state index contributed by atoms with van der Waals surface area (Å²) >= 11 is 0. The standard InChI is InChI=1S/C28H28N10O/c1-17-12-25(30-16-22-11-18(2)35-36-22)34-27(33-17)21-6-7-24(29-15-21)28(39)32-14-19-3-8-26(31-13-19)38-10-9-23(37-38)20-4-5-20/h3,6-13,15,20H,4-5,14,16H2,1-2H3,(H,32,39)(H,35,36)(H,30,33,34). The van der Waals surface area contributed by atoms with E-state index in [1.54, 1.807) is 29.2 Å². The van der Waals surface area contributed by atoms with E-state index in [2.05, 4.69) is 51.9 Å². The number of carbonyl (C=O) groups is 1. The van der Waals surface area contributed by atoms with Crippen LogP contribution in [0.2, 0.25) is 0 Å². The number of anilines is 1. The third-order valence-corrected chi connectivity index (χ3v) is 6.42. The van der Waals surface area contributed by atoms with E-state index in [0.29, 0.717) is 36.3 Å². The van der Waals surface area contributed by atoms with Crippen LogP contribution in [0.15, 0.2) is 61.1 Å². The van der Waals surface area contributed by atoms with E-state index in [1.165, 1.54) is 12.8 Å². The zero-order chi connectivity index (χ0) is 26.8. The van der Waals surface area contributed by atoms with Gasteiger partial charge in [0.25, 0.3) is 5.91 Å². The number of amides is 1. The van der Waals surface area contributed by atoms with Gasteiger partial charge in [-0.2, -0.15) is 10.2 Å². The largest absolute Gasteiger partial charge is 0.364 e. The summed E-state index contributed by atoms with van der Waals surface area (Å²) in [7, 11) is 0. The molecule has 11 nitrogen and oxygen atoms in total. The Hall–Kier alpha value is -4.93. The molecule has 196 valence electrons. The van der Waals surface area contributed by atoms with Crippen LogP contribution in [0.5, 0.6) is 0 Å². The summed E-state index contributed by atoms with van der Waals surface area (Å²) < 4.78 is 1.79. The summed E-state index contributed by atoms with van der Waals surface area (Å²) in [6.45, 7) is 4.75. The zero-order valence-corrected chi connectivity index (χ0v) is 21.7. The van der Waals surface area contributed by atoms with E-state index in [4.69, 9.17) is 0 Å². The highest BCUT2D eigenvalue weighted by Crippen LogP contribution is 2.38. The van der Waals surface area contributed by atoms with Crippen LogP contribution in [0.4, 0.5) is 5.82 Å². The topological polar surface area (TPSA) is 139 Å². The lowest BCUT2D eigenvalue weighted by Crippen LogP contribution is -2.23. The van der Waals surface area contributed by atoms with Crippen molar-refractivity contribution in [3.63, 3.8) is 0 Å². The van der Waals surface area contributed by atoms with Crippen molar-refractivity contribution in [3.8, 4) is 17.2 Å². The quantitative estimate of drug-likeness (QED) is 0.266. The lowest BCUT2D eigenvalue weighted by Gasteiger charge is -2.09. The molecule has 1 aliphatic carbocycles. The van der Waals surface area contributed by atoms with E-state index in [9.17, 15) is 4.79 Å². The molecule has 1 amide bonds. The normalized spacial score (nSPS) is 12.9. The van der Waals surface area contributed by atoms with Crippen LogP contribution in [-0.2, 0) is 13.1 Å². The molecule has 5 aromatic rings. The molecule has 0 unspecified atom stereocenters. The minimum atomic E-state index is -0.270. The van der Waals surface area contributed by atoms with Gasteiger partial charge in [0.15, 0.2) is 11.6 Å². The molecule has 39 heavy (non-hydrogen) atoms. The first kappa shape index (κ1) is 24.4. The minimum Gasteiger partial charge on any atom is -0.364 e. The van der Waals surface area contributed by atoms with E-state index in [-0.39, 0.29) is 5.91 Å². The summed E-state index contributed by atoms with van der Waals surface area (Å²) in [5, 5.41) is 17.9. The zero-order valence-electron chi connectivity index (χ0n) is 21.7. The molecule has 0 aliphatic heterocycles. The fraction of sp³-hybridized carbons (Fsp3) is 0.250. The Morgan fingerprint density at radius 3 is 2.64 bits per heavy atom. The summed E-state index contributed by atoms with van der Waals surface area (Å²) in [5.74, 6) is 2.30. The Balaban J connectivity index is 1.06. The van der Waals surface area contributed by atoms with Crippen LogP contribution in [0.3, 0.4) is 0 Å². The van der Waals surface area contributed by atoms with Crippen LogP contribution >= 0.6 is 0 Å². The summed E-state index contributed by atoms with van der Waals surface area (Å²) in [6.07, 6.45) is 7.73. The molecule has 1 fully saturated rings. The molecule has 1 saturated carbocycles. The van der Waals surface area contributed by atoms with Crippen molar-refractivity contribution in [2.45, 2.75) is 45.7 Å². The molecule has 0 radical (unpaired) electrons. The van der Waals surface area contributed by atoms with Gasteiger partial charge in [0.2, 0.25) is 0 Å². The van der Waals surface area contributed by atoms with E-state index in [1.807, 2.05) is 44.3 Å². The lowest BCUT2D eigenvalue weighted by atomic mass is 10.2. The van der Waals surface area contributed by atoms with Crippen molar-refractivity contribution < 1.29 is 4.79 Å². The van der Waals surface area contributed by atoms with Crippen LogP contribution < -0.4 is 10.6 Å². The summed E-state index contributed by atoms with van der Waals surface area (Å²) in [4.78, 5) is 30.7. The second kappa shape index (κ2) is 10.4. The van der Waals surface area contributed by atoms with E-state index >= 15 is 0 Å². The molecule has 0 spiro atoms. The number of nitrogens with zero attached hydrogens (tertiary/aromatic N) is 7. The van der Waals surface area contributed by atoms with Crippen molar-refractivity contribution in [2.24, 2.45) is 0 Å². The first-order chi connectivity index (χ1) is 19.0. The molecule has 0 saturated heterocycles.